The van der Waals surface area contributed by atoms with Gasteiger partial charge < -0.3 is 15.0 Å². The Morgan fingerprint density at radius 1 is 1.32 bits per heavy atom. The van der Waals surface area contributed by atoms with Crippen LogP contribution in [0.15, 0.2) is 18.2 Å². The third-order valence-corrected chi connectivity index (χ3v) is 3.78. The van der Waals surface area contributed by atoms with Gasteiger partial charge in [-0.15, -0.1) is 0 Å². The van der Waals surface area contributed by atoms with E-state index in [1.807, 2.05) is 0 Å². The number of amides is 2. The molecule has 1 unspecified atom stereocenters. The normalized spacial score (nSPS) is 22.2. The molecule has 2 aliphatic heterocycles. The molecule has 2 heterocycles. The van der Waals surface area contributed by atoms with Crippen LogP contribution in [0.4, 0.5) is 5.69 Å². The van der Waals surface area contributed by atoms with Gasteiger partial charge in [0.1, 0.15) is 11.8 Å². The lowest BCUT2D eigenvalue weighted by Gasteiger charge is -2.32. The molecule has 1 N–H and O–H groups in total. The number of fused-ring (bicyclic) bond motifs is 2. The Morgan fingerprint density at radius 3 is 2.95 bits per heavy atom. The van der Waals surface area contributed by atoms with E-state index < -0.39 is 0 Å². The van der Waals surface area contributed by atoms with Crippen LogP contribution in [0.5, 0.6) is 5.75 Å². The molecule has 100 valence electrons. The molecule has 2 amide bonds. The van der Waals surface area contributed by atoms with Crippen molar-refractivity contribution in [3.05, 3.63) is 23.8 Å². The van der Waals surface area contributed by atoms with E-state index in [9.17, 15) is 9.59 Å². The Morgan fingerprint density at radius 2 is 2.16 bits per heavy atom. The molecule has 0 saturated carbocycles. The largest absolute Gasteiger partial charge is 0.497 e. The molecule has 1 aromatic rings. The number of hydrogen-bond acceptors (Lipinski definition) is 3. The number of piperidine rings is 1. The smallest absolute Gasteiger partial charge is 0.256 e. The predicted molar refractivity (Wildman–Crippen MR) is 70.3 cm³/mol. The highest BCUT2D eigenvalue weighted by atomic mass is 16.5. The van der Waals surface area contributed by atoms with Gasteiger partial charge in [-0.25, -0.2) is 0 Å². The molecule has 5 heteroatoms. The summed E-state index contributed by atoms with van der Waals surface area (Å²) in [6.45, 7) is 0.655. The van der Waals surface area contributed by atoms with Crippen LogP contribution >= 0.6 is 0 Å². The van der Waals surface area contributed by atoms with Crippen molar-refractivity contribution in [1.29, 1.82) is 0 Å². The summed E-state index contributed by atoms with van der Waals surface area (Å²) < 4.78 is 5.13. The third kappa shape index (κ3) is 1.95. The average molecular weight is 260 g/mol. The van der Waals surface area contributed by atoms with Gasteiger partial charge in [0.2, 0.25) is 5.91 Å². The monoisotopic (exact) mass is 260 g/mol. The van der Waals surface area contributed by atoms with E-state index in [1.54, 1.807) is 30.2 Å². The first-order valence-electron chi connectivity index (χ1n) is 6.50. The summed E-state index contributed by atoms with van der Waals surface area (Å²) in [5.41, 5.74) is 1.09. The zero-order valence-corrected chi connectivity index (χ0v) is 10.8. The first-order chi connectivity index (χ1) is 9.20. The predicted octanol–water partition coefficient (Wildman–Crippen LogP) is 1.64. The molecular formula is C14H16N2O3. The minimum atomic E-state index is -0.334. The highest BCUT2D eigenvalue weighted by Gasteiger charge is 2.36. The van der Waals surface area contributed by atoms with Crippen molar-refractivity contribution in [1.82, 2.24) is 4.90 Å². The fourth-order valence-corrected chi connectivity index (χ4v) is 2.76. The molecule has 2 aliphatic rings. The number of nitrogens with zero attached hydrogens (tertiary/aromatic N) is 1. The second kappa shape index (κ2) is 4.57. The van der Waals surface area contributed by atoms with Crippen LogP contribution in [0.25, 0.3) is 0 Å². The number of rotatable bonds is 1. The molecule has 0 spiro atoms. The quantitative estimate of drug-likeness (QED) is 0.835. The van der Waals surface area contributed by atoms with Gasteiger partial charge in [-0.3, -0.25) is 9.59 Å². The van der Waals surface area contributed by atoms with E-state index in [0.717, 1.165) is 19.3 Å². The van der Waals surface area contributed by atoms with Crippen molar-refractivity contribution in [3.63, 3.8) is 0 Å². The number of methoxy groups -OCH3 is 1. The van der Waals surface area contributed by atoms with Gasteiger partial charge >= 0.3 is 0 Å². The second-order valence-corrected chi connectivity index (χ2v) is 4.91. The van der Waals surface area contributed by atoms with E-state index in [0.29, 0.717) is 23.5 Å². The summed E-state index contributed by atoms with van der Waals surface area (Å²) in [7, 11) is 1.56. The minimum Gasteiger partial charge on any atom is -0.497 e. The van der Waals surface area contributed by atoms with Crippen LogP contribution in [0, 0.1) is 0 Å². The number of carbonyl (C=O) groups excluding carboxylic acids is 2. The highest BCUT2D eigenvalue weighted by Crippen LogP contribution is 2.30. The molecule has 1 saturated heterocycles. The van der Waals surface area contributed by atoms with E-state index in [4.69, 9.17) is 4.74 Å². The number of benzene rings is 1. The summed E-state index contributed by atoms with van der Waals surface area (Å²) in [4.78, 5) is 26.4. The Labute approximate surface area is 111 Å². The maximum absolute atomic E-state index is 12.5. The maximum atomic E-state index is 12.5. The Kier molecular flexibility index (Phi) is 2.89. The van der Waals surface area contributed by atoms with Gasteiger partial charge in [-0.2, -0.15) is 0 Å². The van der Waals surface area contributed by atoms with E-state index in [1.165, 1.54) is 0 Å². The maximum Gasteiger partial charge on any atom is 0.256 e. The topological polar surface area (TPSA) is 58.6 Å². The van der Waals surface area contributed by atoms with Crippen LogP contribution in [0.1, 0.15) is 29.6 Å². The van der Waals surface area contributed by atoms with Gasteiger partial charge in [-0.1, -0.05) is 0 Å². The highest BCUT2D eigenvalue weighted by molar-refractivity contribution is 6.10. The summed E-state index contributed by atoms with van der Waals surface area (Å²) in [5, 5.41) is 2.85. The van der Waals surface area contributed by atoms with Gasteiger partial charge in [0, 0.05) is 12.6 Å². The van der Waals surface area contributed by atoms with Crippen LogP contribution in [-0.2, 0) is 4.79 Å². The number of carbonyl (C=O) groups is 2. The fourth-order valence-electron chi connectivity index (χ4n) is 2.76. The summed E-state index contributed by atoms with van der Waals surface area (Å²) in [5.74, 6) is 0.465. The lowest BCUT2D eigenvalue weighted by atomic mass is 10.0. The standard InChI is InChI=1S/C14H16N2O3/c1-19-9-5-6-10-11(8-9)15-13(17)12-4-2-3-7-16(12)14(10)18/h5-6,8,12H,2-4,7H2,1H3,(H,15,17). The van der Waals surface area contributed by atoms with Gasteiger partial charge in [0.05, 0.1) is 18.4 Å². The molecule has 1 atom stereocenters. The molecule has 0 aromatic heterocycles. The molecule has 19 heavy (non-hydrogen) atoms. The first kappa shape index (κ1) is 12.0. The second-order valence-electron chi connectivity index (χ2n) is 4.91. The van der Waals surface area contributed by atoms with Gasteiger partial charge in [0.25, 0.3) is 5.91 Å². The number of hydrogen-bond donors (Lipinski definition) is 1. The van der Waals surface area contributed by atoms with Crippen molar-refractivity contribution in [2.45, 2.75) is 25.3 Å². The summed E-state index contributed by atoms with van der Waals surface area (Å²) in [6.07, 6.45) is 2.69. The van der Waals surface area contributed by atoms with Crippen molar-refractivity contribution in [2.75, 3.05) is 19.0 Å². The van der Waals surface area contributed by atoms with Crippen LogP contribution in [-0.4, -0.2) is 36.4 Å². The zero-order valence-electron chi connectivity index (χ0n) is 10.8. The van der Waals surface area contributed by atoms with E-state index >= 15 is 0 Å². The van der Waals surface area contributed by atoms with Gasteiger partial charge in [0.15, 0.2) is 0 Å². The van der Waals surface area contributed by atoms with E-state index in [2.05, 4.69) is 5.32 Å². The fraction of sp³-hybridized carbons (Fsp3) is 0.429. The molecule has 1 fully saturated rings. The number of anilines is 1. The Bertz CT molecular complexity index is 541. The van der Waals surface area contributed by atoms with Crippen molar-refractivity contribution in [3.8, 4) is 5.75 Å². The molecule has 0 bridgehead atoms. The lowest BCUT2D eigenvalue weighted by Crippen LogP contribution is -2.47. The van der Waals surface area contributed by atoms with Crippen LogP contribution < -0.4 is 10.1 Å². The summed E-state index contributed by atoms with van der Waals surface area (Å²) in [6, 6.07) is 4.82. The zero-order chi connectivity index (χ0) is 13.4. The van der Waals surface area contributed by atoms with Crippen LogP contribution in [0.3, 0.4) is 0 Å². The number of ether oxygens (including phenoxy) is 1. The molecule has 1 aromatic carbocycles. The molecule has 5 nitrogen and oxygen atoms in total. The van der Waals surface area contributed by atoms with Crippen LogP contribution in [0.2, 0.25) is 0 Å². The van der Waals surface area contributed by atoms with Gasteiger partial charge in [-0.05, 0) is 31.4 Å². The Balaban J connectivity index is 2.05. The number of nitrogens with one attached hydrogen (secondary N) is 1. The SMILES string of the molecule is COc1ccc2c(c1)NC(=O)C1CCCCN1C2=O. The summed E-state index contributed by atoms with van der Waals surface area (Å²) >= 11 is 0. The average Bonchev–Trinajstić information content (AvgIpc) is 2.55. The van der Waals surface area contributed by atoms with Crippen molar-refractivity contribution >= 4 is 17.5 Å². The molecule has 0 aliphatic carbocycles. The molecule has 3 rings (SSSR count). The minimum absolute atomic E-state index is 0.0688. The Hall–Kier alpha value is -2.04. The van der Waals surface area contributed by atoms with Crippen molar-refractivity contribution in [2.24, 2.45) is 0 Å². The first-order valence-corrected chi connectivity index (χ1v) is 6.50. The third-order valence-electron chi connectivity index (χ3n) is 3.78. The lowest BCUT2D eigenvalue weighted by molar-refractivity contribution is -0.121. The molecular weight excluding hydrogens is 244 g/mol. The van der Waals surface area contributed by atoms with E-state index in [-0.39, 0.29) is 17.9 Å². The molecule has 0 radical (unpaired) electrons. The van der Waals surface area contributed by atoms with Crippen molar-refractivity contribution < 1.29 is 14.3 Å².